The molecule has 0 aromatic rings. The van der Waals surface area contributed by atoms with Crippen molar-refractivity contribution in [1.29, 1.82) is 0 Å². The summed E-state index contributed by atoms with van der Waals surface area (Å²) >= 11 is 0. The number of hydrogen-bond acceptors (Lipinski definition) is 8. The zero-order valence-corrected chi connectivity index (χ0v) is 35.2. The van der Waals surface area contributed by atoms with E-state index in [1.807, 2.05) is 0 Å². The molecule has 0 rings (SSSR count). The SMILES string of the molecule is CCCCCCCC/C=C/CCCCCCCCCCCCCCCC(=O)OCC(O)COP(=O)(O)OCC(NC(=O)CCCCCCCCC)C(=O)O. The molecule has 0 bridgehead atoms. The Labute approximate surface area is 328 Å². The molecule has 0 aromatic heterocycles. The van der Waals surface area contributed by atoms with E-state index in [1.54, 1.807) is 0 Å². The molecule has 12 heteroatoms. The highest BCUT2D eigenvalue weighted by Gasteiger charge is 2.28. The topological polar surface area (TPSA) is 169 Å². The molecule has 3 atom stereocenters. The third-order valence-electron chi connectivity index (χ3n) is 9.55. The molecule has 318 valence electrons. The minimum Gasteiger partial charge on any atom is -0.480 e. The monoisotopic (exact) mass is 790 g/mol. The normalized spacial score (nSPS) is 13.9. The van der Waals surface area contributed by atoms with Gasteiger partial charge in [0.15, 0.2) is 6.04 Å². The molecule has 0 aliphatic rings. The number of allylic oxidation sites excluding steroid dienone is 2. The number of phosphoric ester groups is 1. The maximum absolute atomic E-state index is 12.2. The van der Waals surface area contributed by atoms with Crippen LogP contribution in [-0.4, -0.2) is 64.9 Å². The van der Waals surface area contributed by atoms with Crippen LogP contribution in [0.15, 0.2) is 12.2 Å². The molecule has 0 saturated heterocycles. The summed E-state index contributed by atoms with van der Waals surface area (Å²) < 4.78 is 26.7. The molecular formula is C42H80NO10P. The van der Waals surface area contributed by atoms with Gasteiger partial charge in [-0.2, -0.15) is 0 Å². The van der Waals surface area contributed by atoms with Gasteiger partial charge in [0.1, 0.15) is 12.7 Å². The minimum atomic E-state index is -4.74. The van der Waals surface area contributed by atoms with Gasteiger partial charge in [-0.05, 0) is 38.5 Å². The smallest absolute Gasteiger partial charge is 0.472 e. The number of phosphoric acid groups is 1. The molecule has 0 fully saturated rings. The van der Waals surface area contributed by atoms with Crippen molar-refractivity contribution in [2.24, 2.45) is 0 Å². The van der Waals surface area contributed by atoms with Crippen LogP contribution in [0.25, 0.3) is 0 Å². The third kappa shape index (κ3) is 37.2. The van der Waals surface area contributed by atoms with Gasteiger partial charge in [-0.3, -0.25) is 18.6 Å². The number of carbonyl (C=O) groups is 3. The maximum atomic E-state index is 12.2. The van der Waals surface area contributed by atoms with Gasteiger partial charge in [0, 0.05) is 12.8 Å². The first kappa shape index (κ1) is 52.2. The van der Waals surface area contributed by atoms with Gasteiger partial charge in [0.25, 0.3) is 0 Å². The lowest BCUT2D eigenvalue weighted by molar-refractivity contribution is -0.147. The summed E-state index contributed by atoms with van der Waals surface area (Å²) in [5.41, 5.74) is 0. The van der Waals surface area contributed by atoms with Crippen molar-refractivity contribution in [2.45, 2.75) is 219 Å². The Hall–Kier alpha value is -1.78. The van der Waals surface area contributed by atoms with Crippen LogP contribution in [0.4, 0.5) is 0 Å². The van der Waals surface area contributed by atoms with E-state index in [2.05, 4.69) is 31.3 Å². The Morgan fingerprint density at radius 3 is 1.41 bits per heavy atom. The van der Waals surface area contributed by atoms with Crippen molar-refractivity contribution in [3.63, 3.8) is 0 Å². The fourth-order valence-electron chi connectivity index (χ4n) is 6.13. The number of rotatable bonds is 41. The molecule has 0 saturated carbocycles. The lowest BCUT2D eigenvalue weighted by Crippen LogP contribution is -2.43. The number of esters is 1. The molecule has 4 N–H and O–H groups in total. The summed E-state index contributed by atoms with van der Waals surface area (Å²) in [6.07, 6.45) is 37.1. The summed E-state index contributed by atoms with van der Waals surface area (Å²) in [6, 6.07) is -1.54. The zero-order valence-electron chi connectivity index (χ0n) is 34.3. The van der Waals surface area contributed by atoms with Crippen LogP contribution in [0.3, 0.4) is 0 Å². The number of hydrogen-bond donors (Lipinski definition) is 4. The van der Waals surface area contributed by atoms with Gasteiger partial charge in [0.05, 0.1) is 13.2 Å². The van der Waals surface area contributed by atoms with Gasteiger partial charge in [-0.15, -0.1) is 0 Å². The fraction of sp³-hybridized carbons (Fsp3) is 0.881. The van der Waals surface area contributed by atoms with Crippen molar-refractivity contribution in [3.05, 3.63) is 12.2 Å². The zero-order chi connectivity index (χ0) is 40.0. The number of carbonyl (C=O) groups excluding carboxylic acids is 2. The van der Waals surface area contributed by atoms with E-state index in [4.69, 9.17) is 13.8 Å². The first-order valence-electron chi connectivity index (χ1n) is 21.7. The van der Waals surface area contributed by atoms with Gasteiger partial charge < -0.3 is 25.2 Å². The summed E-state index contributed by atoms with van der Waals surface area (Å²) in [5, 5.41) is 21.7. The van der Waals surface area contributed by atoms with E-state index in [9.17, 15) is 34.1 Å². The van der Waals surface area contributed by atoms with Crippen LogP contribution in [0.2, 0.25) is 0 Å². The summed E-state index contributed by atoms with van der Waals surface area (Å²) in [5.74, 6) is -2.37. The molecule has 1 amide bonds. The second-order valence-electron chi connectivity index (χ2n) is 14.9. The summed E-state index contributed by atoms with van der Waals surface area (Å²) in [4.78, 5) is 45.6. The van der Waals surface area contributed by atoms with Crippen LogP contribution in [0, 0.1) is 0 Å². The van der Waals surface area contributed by atoms with E-state index in [0.717, 1.165) is 51.4 Å². The van der Waals surface area contributed by atoms with Crippen molar-refractivity contribution < 1.29 is 47.8 Å². The Kier molecular flexibility index (Phi) is 36.9. The Morgan fingerprint density at radius 1 is 0.574 bits per heavy atom. The minimum absolute atomic E-state index is 0.147. The van der Waals surface area contributed by atoms with Crippen molar-refractivity contribution in [2.75, 3.05) is 19.8 Å². The third-order valence-corrected chi connectivity index (χ3v) is 10.5. The van der Waals surface area contributed by atoms with Crippen molar-refractivity contribution in [3.8, 4) is 0 Å². The largest absolute Gasteiger partial charge is 0.480 e. The first-order chi connectivity index (χ1) is 26.1. The number of ether oxygens (including phenoxy) is 1. The average Bonchev–Trinajstić information content (AvgIpc) is 3.14. The molecule has 0 aromatic carbocycles. The molecule has 54 heavy (non-hydrogen) atoms. The van der Waals surface area contributed by atoms with Crippen LogP contribution in [0.1, 0.15) is 206 Å². The van der Waals surface area contributed by atoms with Crippen LogP contribution < -0.4 is 5.32 Å². The van der Waals surface area contributed by atoms with Crippen molar-refractivity contribution >= 4 is 25.7 Å². The number of aliphatic hydroxyl groups excluding tert-OH is 1. The second kappa shape index (κ2) is 38.1. The highest BCUT2D eigenvalue weighted by atomic mass is 31.2. The van der Waals surface area contributed by atoms with Crippen molar-refractivity contribution in [1.82, 2.24) is 5.32 Å². The predicted molar refractivity (Wildman–Crippen MR) is 217 cm³/mol. The number of carboxylic acid groups (broad SMARTS) is 1. The van der Waals surface area contributed by atoms with E-state index in [0.29, 0.717) is 12.8 Å². The van der Waals surface area contributed by atoms with Gasteiger partial charge in [0.2, 0.25) is 5.91 Å². The quantitative estimate of drug-likeness (QED) is 0.0202. The number of unbranched alkanes of at least 4 members (excludes halogenated alkanes) is 25. The van der Waals surface area contributed by atoms with E-state index < -0.39 is 57.6 Å². The van der Waals surface area contributed by atoms with Gasteiger partial charge in [-0.25, -0.2) is 9.36 Å². The lowest BCUT2D eigenvalue weighted by atomic mass is 10.0. The summed E-state index contributed by atoms with van der Waals surface area (Å²) in [7, 11) is -4.74. The molecule has 3 unspecified atom stereocenters. The number of nitrogens with one attached hydrogen (secondary N) is 1. The molecule has 0 radical (unpaired) electrons. The highest BCUT2D eigenvalue weighted by Crippen LogP contribution is 2.43. The molecular weight excluding hydrogens is 709 g/mol. The molecule has 0 spiro atoms. The number of amides is 1. The van der Waals surface area contributed by atoms with E-state index in [1.165, 1.54) is 116 Å². The van der Waals surface area contributed by atoms with Crippen LogP contribution in [-0.2, 0) is 32.7 Å². The first-order valence-corrected chi connectivity index (χ1v) is 23.2. The average molecular weight is 790 g/mol. The Bertz CT molecular complexity index is 979. The maximum Gasteiger partial charge on any atom is 0.472 e. The standard InChI is InChI=1S/C42H80NO10P/c1-3-5-7-9-11-12-13-14-15-16-17-18-19-20-21-22-23-24-25-26-28-30-32-34-41(46)51-35-38(44)36-52-54(49,50)53-37-39(42(47)48)43-40(45)33-31-29-27-10-8-6-4-2/h14-15,38-39,44H,3-13,16-37H2,1-2H3,(H,43,45)(H,47,48)(H,49,50)/b15-14+. The van der Waals surface area contributed by atoms with Crippen LogP contribution in [0.5, 0.6) is 0 Å². The predicted octanol–water partition coefficient (Wildman–Crippen LogP) is 10.9. The number of aliphatic carboxylic acids is 1. The van der Waals surface area contributed by atoms with E-state index in [-0.39, 0.29) is 12.8 Å². The molecule has 0 aliphatic heterocycles. The van der Waals surface area contributed by atoms with Gasteiger partial charge in [-0.1, -0.05) is 167 Å². The number of aliphatic hydroxyl groups is 1. The van der Waals surface area contributed by atoms with Crippen LogP contribution >= 0.6 is 7.82 Å². The Balaban J connectivity index is 3.74. The molecule has 0 aliphatic carbocycles. The van der Waals surface area contributed by atoms with E-state index >= 15 is 0 Å². The second-order valence-corrected chi connectivity index (χ2v) is 16.3. The van der Waals surface area contributed by atoms with Gasteiger partial charge >= 0.3 is 19.8 Å². The lowest BCUT2D eigenvalue weighted by Gasteiger charge is -2.18. The number of carboxylic acids is 1. The highest BCUT2D eigenvalue weighted by molar-refractivity contribution is 7.47. The Morgan fingerprint density at radius 2 is 0.963 bits per heavy atom. The fourth-order valence-corrected chi connectivity index (χ4v) is 6.91. The molecule has 0 heterocycles. The summed E-state index contributed by atoms with van der Waals surface area (Å²) in [6.45, 7) is 2.53. The molecule has 11 nitrogen and oxygen atoms in total.